The lowest BCUT2D eigenvalue weighted by Gasteiger charge is -2.18. The van der Waals surface area contributed by atoms with Crippen molar-refractivity contribution in [1.82, 2.24) is 10.6 Å². The van der Waals surface area contributed by atoms with Crippen molar-refractivity contribution in [2.75, 3.05) is 20.2 Å². The van der Waals surface area contributed by atoms with Gasteiger partial charge in [0.05, 0.1) is 6.61 Å². The molecule has 2 amide bonds. The van der Waals surface area contributed by atoms with Crippen LogP contribution in [0.15, 0.2) is 60.7 Å². The molecule has 1 aliphatic heterocycles. The highest BCUT2D eigenvalue weighted by atomic mass is 19.1. The number of ether oxygens (including phenoxy) is 2. The van der Waals surface area contributed by atoms with Crippen LogP contribution in [0, 0.1) is 11.7 Å². The first kappa shape index (κ1) is 26.2. The third kappa shape index (κ3) is 5.93. The van der Waals surface area contributed by atoms with E-state index in [1.807, 2.05) is 51.1 Å². The number of amides is 2. The van der Waals surface area contributed by atoms with Crippen LogP contribution in [-0.2, 0) is 4.79 Å². The maximum atomic E-state index is 13.5. The fraction of sp³-hybridized carbons (Fsp3) is 0.333. The Morgan fingerprint density at radius 1 is 1.03 bits per heavy atom. The Kier molecular flexibility index (Phi) is 8.11. The number of fused-ring (bicyclic) bond motifs is 1. The summed E-state index contributed by atoms with van der Waals surface area (Å²) in [6.45, 7) is 7.22. The topological polar surface area (TPSA) is 76.7 Å². The van der Waals surface area contributed by atoms with E-state index in [0.717, 1.165) is 23.1 Å². The monoisotopic (exact) mass is 504 g/mol. The first-order valence-corrected chi connectivity index (χ1v) is 12.6. The molecule has 0 saturated heterocycles. The van der Waals surface area contributed by atoms with Crippen LogP contribution in [-0.4, -0.2) is 32.0 Å². The van der Waals surface area contributed by atoms with Crippen LogP contribution in [0.1, 0.15) is 60.7 Å². The van der Waals surface area contributed by atoms with Crippen molar-refractivity contribution in [2.45, 2.75) is 39.2 Å². The number of carbonyl (C=O) groups excluding carboxylic acids is 2. The van der Waals surface area contributed by atoms with Gasteiger partial charge in [-0.05, 0) is 71.5 Å². The third-order valence-corrected chi connectivity index (χ3v) is 6.27. The van der Waals surface area contributed by atoms with Crippen molar-refractivity contribution in [2.24, 2.45) is 5.92 Å². The van der Waals surface area contributed by atoms with Gasteiger partial charge in [0.1, 0.15) is 29.3 Å². The molecule has 0 aromatic heterocycles. The van der Waals surface area contributed by atoms with Crippen LogP contribution in [0.2, 0.25) is 0 Å². The van der Waals surface area contributed by atoms with Crippen LogP contribution in [0.5, 0.6) is 11.5 Å². The molecule has 2 unspecified atom stereocenters. The molecule has 6 nitrogen and oxygen atoms in total. The quantitative estimate of drug-likeness (QED) is 0.396. The molecule has 1 aliphatic rings. The summed E-state index contributed by atoms with van der Waals surface area (Å²) in [6.07, 6.45) is 0.260. The van der Waals surface area contributed by atoms with E-state index in [-0.39, 0.29) is 17.6 Å². The van der Waals surface area contributed by atoms with Gasteiger partial charge >= 0.3 is 0 Å². The van der Waals surface area contributed by atoms with Crippen molar-refractivity contribution in [3.63, 3.8) is 0 Å². The molecular weight excluding hydrogens is 471 g/mol. The van der Waals surface area contributed by atoms with Gasteiger partial charge in [-0.2, -0.15) is 0 Å². The minimum atomic E-state index is -0.612. The zero-order chi connectivity index (χ0) is 26.5. The Hall–Kier alpha value is -3.87. The molecule has 1 heterocycles. The Labute approximate surface area is 217 Å². The zero-order valence-corrected chi connectivity index (χ0v) is 21.6. The molecule has 4 rings (SSSR count). The van der Waals surface area contributed by atoms with Crippen molar-refractivity contribution < 1.29 is 23.5 Å². The molecule has 0 radical (unpaired) electrons. The van der Waals surface area contributed by atoms with E-state index >= 15 is 0 Å². The number of halogens is 1. The van der Waals surface area contributed by atoms with Gasteiger partial charge in [0.15, 0.2) is 0 Å². The summed E-state index contributed by atoms with van der Waals surface area (Å²) in [4.78, 5) is 25.9. The number of hydrogen-bond acceptors (Lipinski definition) is 4. The fourth-order valence-electron chi connectivity index (χ4n) is 4.39. The SMILES string of the molecule is CCCOc1cc(C(=O)NCC(C)C)cc(-c2ccc3c(c2)C(C(=O)NC)C(c2ccc(F)cc2)O3)c1. The van der Waals surface area contributed by atoms with Crippen molar-refractivity contribution in [3.8, 4) is 22.6 Å². The molecular formula is C30H33FN2O4. The largest absolute Gasteiger partial charge is 0.494 e. The average molecular weight is 505 g/mol. The molecule has 0 saturated carbocycles. The van der Waals surface area contributed by atoms with E-state index in [0.29, 0.717) is 41.7 Å². The molecule has 2 N–H and O–H groups in total. The van der Waals surface area contributed by atoms with Gasteiger partial charge < -0.3 is 20.1 Å². The molecule has 37 heavy (non-hydrogen) atoms. The first-order valence-electron chi connectivity index (χ1n) is 12.6. The van der Waals surface area contributed by atoms with E-state index < -0.39 is 12.0 Å². The fourth-order valence-corrected chi connectivity index (χ4v) is 4.39. The summed E-state index contributed by atoms with van der Waals surface area (Å²) in [6, 6.07) is 17.2. The van der Waals surface area contributed by atoms with Gasteiger partial charge in [0, 0.05) is 24.7 Å². The summed E-state index contributed by atoms with van der Waals surface area (Å²) >= 11 is 0. The van der Waals surface area contributed by atoms with Crippen LogP contribution in [0.25, 0.3) is 11.1 Å². The number of rotatable bonds is 9. The number of nitrogens with one attached hydrogen (secondary N) is 2. The second-order valence-corrected chi connectivity index (χ2v) is 9.63. The Morgan fingerprint density at radius 2 is 1.78 bits per heavy atom. The maximum absolute atomic E-state index is 13.5. The number of carbonyl (C=O) groups is 2. The molecule has 194 valence electrons. The van der Waals surface area contributed by atoms with Gasteiger partial charge in [0.25, 0.3) is 5.91 Å². The van der Waals surface area contributed by atoms with E-state index in [1.165, 1.54) is 12.1 Å². The highest BCUT2D eigenvalue weighted by Crippen LogP contribution is 2.47. The normalized spacial score (nSPS) is 16.2. The van der Waals surface area contributed by atoms with Crippen LogP contribution >= 0.6 is 0 Å². The van der Waals surface area contributed by atoms with Crippen molar-refractivity contribution >= 4 is 11.8 Å². The molecule has 3 aromatic carbocycles. The zero-order valence-electron chi connectivity index (χ0n) is 21.6. The smallest absolute Gasteiger partial charge is 0.251 e. The van der Waals surface area contributed by atoms with Crippen LogP contribution in [0.4, 0.5) is 4.39 Å². The predicted octanol–water partition coefficient (Wildman–Crippen LogP) is 5.63. The van der Waals surface area contributed by atoms with E-state index in [9.17, 15) is 14.0 Å². The minimum absolute atomic E-state index is 0.166. The number of hydrogen-bond donors (Lipinski definition) is 2. The molecule has 0 bridgehead atoms. The second-order valence-electron chi connectivity index (χ2n) is 9.63. The molecule has 0 aliphatic carbocycles. The van der Waals surface area contributed by atoms with Gasteiger partial charge in [-0.25, -0.2) is 4.39 Å². The van der Waals surface area contributed by atoms with Crippen molar-refractivity contribution in [1.29, 1.82) is 0 Å². The summed E-state index contributed by atoms with van der Waals surface area (Å²) in [5.41, 5.74) is 3.58. The van der Waals surface area contributed by atoms with Gasteiger partial charge in [0.2, 0.25) is 5.91 Å². The Balaban J connectivity index is 1.73. The predicted molar refractivity (Wildman–Crippen MR) is 141 cm³/mol. The van der Waals surface area contributed by atoms with Crippen LogP contribution in [0.3, 0.4) is 0 Å². The lowest BCUT2D eigenvalue weighted by Crippen LogP contribution is -2.28. The van der Waals surface area contributed by atoms with E-state index in [2.05, 4.69) is 10.6 Å². The van der Waals surface area contributed by atoms with Gasteiger partial charge in [-0.1, -0.05) is 39.0 Å². The standard InChI is InChI=1S/C30H33FN2O4/c1-5-12-36-24-14-21(13-22(15-24)29(34)33-17-18(2)3)20-8-11-26-25(16-20)27(30(35)32-4)28(37-26)19-6-9-23(31)10-7-19/h6-11,13-16,18,27-28H,5,12,17H2,1-4H3,(H,32,35)(H,33,34). The minimum Gasteiger partial charge on any atom is -0.494 e. The summed E-state index contributed by atoms with van der Waals surface area (Å²) < 4.78 is 25.6. The lowest BCUT2D eigenvalue weighted by molar-refractivity contribution is -0.123. The van der Waals surface area contributed by atoms with Gasteiger partial charge in [-0.3, -0.25) is 9.59 Å². The second kappa shape index (κ2) is 11.5. The average Bonchev–Trinajstić information content (AvgIpc) is 3.29. The Morgan fingerprint density at radius 3 is 2.46 bits per heavy atom. The lowest BCUT2D eigenvalue weighted by atomic mass is 9.88. The molecule has 3 aromatic rings. The summed E-state index contributed by atoms with van der Waals surface area (Å²) in [5, 5.41) is 5.70. The molecule has 7 heteroatoms. The highest BCUT2D eigenvalue weighted by molar-refractivity contribution is 5.96. The Bertz CT molecular complexity index is 1270. The van der Waals surface area contributed by atoms with Gasteiger partial charge in [-0.15, -0.1) is 0 Å². The van der Waals surface area contributed by atoms with Crippen LogP contribution < -0.4 is 20.1 Å². The molecule has 0 spiro atoms. The van der Waals surface area contributed by atoms with E-state index in [4.69, 9.17) is 9.47 Å². The third-order valence-electron chi connectivity index (χ3n) is 6.27. The van der Waals surface area contributed by atoms with E-state index in [1.54, 1.807) is 25.2 Å². The molecule has 2 atom stereocenters. The summed E-state index contributed by atoms with van der Waals surface area (Å²) in [7, 11) is 1.59. The number of likely N-dealkylation sites (N-methyl/N-ethyl adjacent to an activating group) is 1. The molecule has 0 fully saturated rings. The number of benzene rings is 3. The summed E-state index contributed by atoms with van der Waals surface area (Å²) in [5.74, 6) is 0.211. The van der Waals surface area contributed by atoms with Crippen molar-refractivity contribution in [3.05, 3.63) is 83.2 Å². The maximum Gasteiger partial charge on any atom is 0.251 e. The first-order chi connectivity index (χ1) is 17.8. The highest BCUT2D eigenvalue weighted by Gasteiger charge is 2.40.